The van der Waals surface area contributed by atoms with Gasteiger partial charge in [0.1, 0.15) is 5.75 Å². The molecular formula is C21H24N4O3. The van der Waals surface area contributed by atoms with Crippen LogP contribution in [-0.4, -0.2) is 23.2 Å². The van der Waals surface area contributed by atoms with E-state index in [0.29, 0.717) is 29.6 Å². The molecule has 0 atom stereocenters. The topological polar surface area (TPSA) is 89.3 Å². The minimum absolute atomic E-state index is 0.174. The van der Waals surface area contributed by atoms with Gasteiger partial charge in [0.05, 0.1) is 13.7 Å². The Bertz CT molecular complexity index is 902. The molecule has 0 aliphatic rings. The van der Waals surface area contributed by atoms with Gasteiger partial charge in [-0.25, -0.2) is 0 Å². The fourth-order valence-corrected chi connectivity index (χ4v) is 2.60. The summed E-state index contributed by atoms with van der Waals surface area (Å²) in [4.78, 5) is 16.7. The number of benzene rings is 2. The van der Waals surface area contributed by atoms with E-state index in [2.05, 4.69) is 34.6 Å². The Kier molecular flexibility index (Phi) is 6.26. The number of nitrogens with zero attached hydrogens (tertiary/aromatic N) is 2. The number of amides is 1. The first kappa shape index (κ1) is 19.4. The van der Waals surface area contributed by atoms with E-state index in [9.17, 15) is 4.79 Å². The van der Waals surface area contributed by atoms with Crippen LogP contribution in [0.15, 0.2) is 53.1 Å². The Morgan fingerprint density at radius 1 is 1.07 bits per heavy atom. The van der Waals surface area contributed by atoms with Crippen LogP contribution in [0.1, 0.15) is 35.9 Å². The predicted molar refractivity (Wildman–Crippen MR) is 108 cm³/mol. The van der Waals surface area contributed by atoms with Crippen molar-refractivity contribution in [2.75, 3.05) is 17.7 Å². The molecule has 3 aromatic rings. The fraction of sp³-hybridized carbons (Fsp3) is 0.286. The van der Waals surface area contributed by atoms with Gasteiger partial charge in [0.2, 0.25) is 5.89 Å². The summed E-state index contributed by atoms with van der Waals surface area (Å²) in [6.07, 6.45) is 0.793. The maximum Gasteiger partial charge on any atom is 0.255 e. The van der Waals surface area contributed by atoms with E-state index in [-0.39, 0.29) is 5.91 Å². The molecule has 0 saturated carbocycles. The number of carbonyl (C=O) groups excluding carboxylic acids is 1. The number of methoxy groups -OCH3 is 1. The molecule has 146 valence electrons. The zero-order valence-corrected chi connectivity index (χ0v) is 16.2. The van der Waals surface area contributed by atoms with Crippen LogP contribution in [-0.2, 0) is 13.0 Å². The molecule has 28 heavy (non-hydrogen) atoms. The maximum atomic E-state index is 12.4. The molecule has 2 aromatic carbocycles. The zero-order valence-electron chi connectivity index (χ0n) is 16.2. The Morgan fingerprint density at radius 2 is 1.75 bits per heavy atom. The highest BCUT2D eigenvalue weighted by atomic mass is 16.5. The van der Waals surface area contributed by atoms with Gasteiger partial charge in [0.25, 0.3) is 5.91 Å². The number of aromatic nitrogens is 2. The number of hydrogen-bond acceptors (Lipinski definition) is 6. The second kappa shape index (κ2) is 9.03. The van der Waals surface area contributed by atoms with Crippen molar-refractivity contribution in [2.24, 2.45) is 5.92 Å². The van der Waals surface area contributed by atoms with Gasteiger partial charge in [-0.05, 0) is 54.4 Å². The van der Waals surface area contributed by atoms with Crippen molar-refractivity contribution in [3.8, 4) is 5.75 Å². The summed E-state index contributed by atoms with van der Waals surface area (Å²) >= 11 is 0. The number of ether oxygens (including phenoxy) is 1. The van der Waals surface area contributed by atoms with E-state index in [4.69, 9.17) is 9.26 Å². The lowest BCUT2D eigenvalue weighted by Crippen LogP contribution is -2.11. The molecule has 0 fully saturated rings. The number of anilines is 2. The molecule has 0 spiro atoms. The second-order valence-electron chi connectivity index (χ2n) is 6.82. The van der Waals surface area contributed by atoms with Crippen LogP contribution < -0.4 is 15.4 Å². The molecule has 0 aliphatic heterocycles. The van der Waals surface area contributed by atoms with Gasteiger partial charge in [0, 0.05) is 23.4 Å². The van der Waals surface area contributed by atoms with Crippen LogP contribution in [0.25, 0.3) is 0 Å². The fourth-order valence-electron chi connectivity index (χ4n) is 2.60. The predicted octanol–water partition coefficient (Wildman–Crippen LogP) is 4.14. The first-order valence-electron chi connectivity index (χ1n) is 9.14. The molecule has 1 amide bonds. The van der Waals surface area contributed by atoms with Crippen molar-refractivity contribution in [1.82, 2.24) is 10.1 Å². The SMILES string of the molecule is COc1ccc(NC(=O)c2ccc(NCc3nc(CC(C)C)no3)cc2)cc1. The number of hydrogen-bond donors (Lipinski definition) is 2. The van der Waals surface area contributed by atoms with Gasteiger partial charge in [-0.2, -0.15) is 4.98 Å². The van der Waals surface area contributed by atoms with Gasteiger partial charge in [-0.15, -0.1) is 0 Å². The van der Waals surface area contributed by atoms with E-state index >= 15 is 0 Å². The van der Waals surface area contributed by atoms with Crippen LogP contribution in [0.2, 0.25) is 0 Å². The average Bonchev–Trinajstić information content (AvgIpc) is 3.14. The average molecular weight is 380 g/mol. The van der Waals surface area contributed by atoms with E-state index in [1.54, 1.807) is 43.5 Å². The zero-order chi connectivity index (χ0) is 19.9. The summed E-state index contributed by atoms with van der Waals surface area (Å²) in [5.74, 6) is 2.31. The molecule has 0 unspecified atom stereocenters. The number of rotatable bonds is 8. The lowest BCUT2D eigenvalue weighted by Gasteiger charge is -2.08. The van der Waals surface area contributed by atoms with Gasteiger partial charge in [-0.3, -0.25) is 4.79 Å². The van der Waals surface area contributed by atoms with Crippen LogP contribution in [0.4, 0.5) is 11.4 Å². The van der Waals surface area contributed by atoms with Crippen LogP contribution in [0.5, 0.6) is 5.75 Å². The van der Waals surface area contributed by atoms with Crippen LogP contribution in [0.3, 0.4) is 0 Å². The molecule has 7 nitrogen and oxygen atoms in total. The normalized spacial score (nSPS) is 10.7. The molecular weight excluding hydrogens is 356 g/mol. The molecule has 0 aliphatic carbocycles. The standard InChI is InChI=1S/C21H24N4O3/c1-14(2)12-19-24-20(28-25-19)13-22-16-6-4-15(5-7-16)21(26)23-17-8-10-18(27-3)11-9-17/h4-11,14,22H,12-13H2,1-3H3,(H,23,26). The molecule has 1 aromatic heterocycles. The summed E-state index contributed by atoms with van der Waals surface area (Å²) < 4.78 is 10.3. The number of nitrogens with one attached hydrogen (secondary N) is 2. The highest BCUT2D eigenvalue weighted by molar-refractivity contribution is 6.04. The molecule has 0 bridgehead atoms. The molecule has 7 heteroatoms. The van der Waals surface area contributed by atoms with Crippen molar-refractivity contribution in [1.29, 1.82) is 0 Å². The van der Waals surface area contributed by atoms with Crippen molar-refractivity contribution < 1.29 is 14.1 Å². The Labute approximate surface area is 164 Å². The van der Waals surface area contributed by atoms with Crippen molar-refractivity contribution in [3.63, 3.8) is 0 Å². The number of carbonyl (C=O) groups is 1. The summed E-state index contributed by atoms with van der Waals surface area (Å²) in [5.41, 5.74) is 2.14. The van der Waals surface area contributed by atoms with Crippen LogP contribution in [0, 0.1) is 5.92 Å². The van der Waals surface area contributed by atoms with E-state index in [1.165, 1.54) is 0 Å². The highest BCUT2D eigenvalue weighted by Gasteiger charge is 2.09. The van der Waals surface area contributed by atoms with E-state index in [1.807, 2.05) is 12.1 Å². The Balaban J connectivity index is 1.53. The smallest absolute Gasteiger partial charge is 0.255 e. The molecule has 2 N–H and O–H groups in total. The second-order valence-corrected chi connectivity index (χ2v) is 6.82. The largest absolute Gasteiger partial charge is 0.497 e. The minimum atomic E-state index is -0.174. The third kappa shape index (κ3) is 5.33. The third-order valence-corrected chi connectivity index (χ3v) is 4.04. The summed E-state index contributed by atoms with van der Waals surface area (Å²) in [7, 11) is 1.60. The van der Waals surface area contributed by atoms with Crippen LogP contribution >= 0.6 is 0 Å². The Hall–Kier alpha value is -3.35. The first-order valence-corrected chi connectivity index (χ1v) is 9.14. The van der Waals surface area contributed by atoms with Gasteiger partial charge in [-0.1, -0.05) is 19.0 Å². The summed E-state index contributed by atoms with van der Waals surface area (Å²) in [6.45, 7) is 4.66. The van der Waals surface area contributed by atoms with E-state index < -0.39 is 0 Å². The minimum Gasteiger partial charge on any atom is -0.497 e. The van der Waals surface area contributed by atoms with Gasteiger partial charge >= 0.3 is 0 Å². The summed E-state index contributed by atoms with van der Waals surface area (Å²) in [5, 5.41) is 10.0. The summed E-state index contributed by atoms with van der Waals surface area (Å²) in [6, 6.07) is 14.4. The molecule has 3 rings (SSSR count). The van der Waals surface area contributed by atoms with E-state index in [0.717, 1.165) is 23.7 Å². The van der Waals surface area contributed by atoms with Gasteiger partial charge < -0.3 is 19.9 Å². The Morgan fingerprint density at radius 3 is 2.39 bits per heavy atom. The highest BCUT2D eigenvalue weighted by Crippen LogP contribution is 2.17. The molecule has 1 heterocycles. The van der Waals surface area contributed by atoms with Crippen molar-refractivity contribution in [3.05, 3.63) is 65.8 Å². The quantitative estimate of drug-likeness (QED) is 0.610. The molecule has 0 saturated heterocycles. The van der Waals surface area contributed by atoms with Gasteiger partial charge in [0.15, 0.2) is 5.82 Å². The lowest BCUT2D eigenvalue weighted by molar-refractivity contribution is 0.102. The maximum absolute atomic E-state index is 12.4. The first-order chi connectivity index (χ1) is 13.5. The monoisotopic (exact) mass is 380 g/mol. The lowest BCUT2D eigenvalue weighted by atomic mass is 10.1. The third-order valence-electron chi connectivity index (χ3n) is 4.04. The van der Waals surface area contributed by atoms with Crippen molar-refractivity contribution >= 4 is 17.3 Å². The van der Waals surface area contributed by atoms with Crippen molar-refractivity contribution in [2.45, 2.75) is 26.8 Å². The molecule has 0 radical (unpaired) electrons.